The van der Waals surface area contributed by atoms with E-state index in [4.69, 9.17) is 9.47 Å². The first-order valence-corrected chi connectivity index (χ1v) is 14.7. The lowest BCUT2D eigenvalue weighted by Gasteiger charge is -2.26. The molecule has 2 aliphatic heterocycles. The number of anilines is 2. The normalized spacial score (nSPS) is 14.9. The number of hydrogen-bond donors (Lipinski definition) is 4. The first-order chi connectivity index (χ1) is 20.8. The van der Waals surface area contributed by atoms with Crippen molar-refractivity contribution in [1.29, 1.82) is 0 Å². The third-order valence-electron chi connectivity index (χ3n) is 7.92. The second-order valence-corrected chi connectivity index (χ2v) is 10.6. The zero-order valence-electron chi connectivity index (χ0n) is 24.3. The topological polar surface area (TPSA) is 165 Å². The average Bonchev–Trinajstić information content (AvgIpc) is 3.72. The molecule has 2 aliphatic rings. The zero-order chi connectivity index (χ0) is 30.7. The third-order valence-corrected chi connectivity index (χ3v) is 7.92. The third kappa shape index (κ3) is 5.56. The van der Waals surface area contributed by atoms with Crippen LogP contribution in [0.2, 0.25) is 0 Å². The summed E-state index contributed by atoms with van der Waals surface area (Å²) < 4.78 is 10.5. The smallest absolute Gasteiger partial charge is 0.345 e. The Morgan fingerprint density at radius 3 is 1.51 bits per heavy atom. The molecule has 2 fully saturated rings. The number of hydrogen-bond acceptors (Lipinski definition) is 10. The molecule has 1 aromatic carbocycles. The van der Waals surface area contributed by atoms with Crippen LogP contribution in [0.1, 0.15) is 82.9 Å². The zero-order valence-corrected chi connectivity index (χ0v) is 24.3. The maximum Gasteiger partial charge on any atom is 0.345 e. The van der Waals surface area contributed by atoms with Gasteiger partial charge in [-0.05, 0) is 45.1 Å². The van der Waals surface area contributed by atoms with Crippen LogP contribution in [0.4, 0.5) is 11.6 Å². The number of aromatic hydroxyl groups is 2. The van der Waals surface area contributed by atoms with Gasteiger partial charge in [-0.2, -0.15) is 0 Å². The second kappa shape index (κ2) is 12.6. The molecule has 2 saturated heterocycles. The van der Waals surface area contributed by atoms with E-state index in [1.807, 2.05) is 0 Å². The van der Waals surface area contributed by atoms with Crippen LogP contribution in [0, 0.1) is 0 Å². The van der Waals surface area contributed by atoms with Crippen molar-refractivity contribution in [2.45, 2.75) is 45.4 Å². The van der Waals surface area contributed by atoms with Crippen molar-refractivity contribution in [3.05, 3.63) is 78.9 Å². The fourth-order valence-electron chi connectivity index (χ4n) is 5.99. The first kappa shape index (κ1) is 29.7. The molecule has 0 unspecified atom stereocenters. The molecule has 4 heterocycles. The van der Waals surface area contributed by atoms with Crippen LogP contribution in [-0.2, 0) is 9.47 Å². The van der Waals surface area contributed by atoms with Gasteiger partial charge in [0.1, 0.15) is 34.3 Å². The summed E-state index contributed by atoms with van der Waals surface area (Å²) >= 11 is 0. The summed E-state index contributed by atoms with van der Waals surface area (Å²) in [4.78, 5) is 63.3. The van der Waals surface area contributed by atoms with Gasteiger partial charge in [0.25, 0.3) is 11.1 Å². The lowest BCUT2D eigenvalue weighted by atomic mass is 9.83. The molecule has 0 atom stereocenters. The fraction of sp³-hybridized carbons (Fsp3) is 0.419. The van der Waals surface area contributed by atoms with E-state index in [1.54, 1.807) is 54.0 Å². The van der Waals surface area contributed by atoms with Gasteiger partial charge in [0.05, 0.1) is 30.3 Å². The number of carbonyl (C=O) groups excluding carboxylic acids is 2. The number of ether oxygens (including phenoxy) is 2. The summed E-state index contributed by atoms with van der Waals surface area (Å²) in [5, 5.41) is 23.5. The Kier molecular flexibility index (Phi) is 8.74. The second-order valence-electron chi connectivity index (χ2n) is 10.6. The van der Waals surface area contributed by atoms with Gasteiger partial charge in [-0.25, -0.2) is 9.59 Å². The monoisotopic (exact) mass is 592 g/mol. The number of aromatic amines is 2. The Hall–Kier alpha value is -4.74. The van der Waals surface area contributed by atoms with Crippen LogP contribution in [0.5, 0.6) is 11.5 Å². The molecular weight excluding hydrogens is 556 g/mol. The summed E-state index contributed by atoms with van der Waals surface area (Å²) in [6.07, 6.45) is 3.34. The highest BCUT2D eigenvalue weighted by molar-refractivity contribution is 5.99. The summed E-state index contributed by atoms with van der Waals surface area (Å²) in [5.74, 6) is -4.15. The van der Waals surface area contributed by atoms with E-state index >= 15 is 0 Å². The Labute approximate surface area is 247 Å². The summed E-state index contributed by atoms with van der Waals surface area (Å²) in [7, 11) is 0. The van der Waals surface area contributed by atoms with Gasteiger partial charge in [-0.15, -0.1) is 0 Å². The van der Waals surface area contributed by atoms with E-state index < -0.39 is 40.5 Å². The molecule has 0 bridgehead atoms. The maximum atomic E-state index is 13.9. The molecule has 0 spiro atoms. The lowest BCUT2D eigenvalue weighted by Crippen LogP contribution is -2.32. The predicted octanol–water partition coefficient (Wildman–Crippen LogP) is 3.21. The molecule has 0 radical (unpaired) electrons. The number of pyridine rings is 2. The van der Waals surface area contributed by atoms with Crippen molar-refractivity contribution in [2.75, 3.05) is 49.2 Å². The Morgan fingerprint density at radius 1 is 0.744 bits per heavy atom. The highest BCUT2D eigenvalue weighted by Gasteiger charge is 2.37. The van der Waals surface area contributed by atoms with E-state index in [1.165, 1.54) is 0 Å². The van der Waals surface area contributed by atoms with Crippen molar-refractivity contribution in [1.82, 2.24) is 9.97 Å². The van der Waals surface area contributed by atoms with E-state index in [-0.39, 0.29) is 47.1 Å². The number of esters is 2. The number of nitrogens with one attached hydrogen (secondary N) is 2. The number of nitrogens with zero attached hydrogens (tertiary/aromatic N) is 2. The number of H-pyrrole nitrogens is 2. The van der Waals surface area contributed by atoms with Crippen LogP contribution < -0.4 is 20.9 Å². The van der Waals surface area contributed by atoms with Gasteiger partial charge < -0.3 is 39.5 Å². The average molecular weight is 593 g/mol. The van der Waals surface area contributed by atoms with E-state index in [0.717, 1.165) is 25.7 Å². The molecule has 12 heteroatoms. The Balaban J connectivity index is 1.82. The van der Waals surface area contributed by atoms with Gasteiger partial charge in [-0.3, -0.25) is 9.59 Å². The summed E-state index contributed by atoms with van der Waals surface area (Å²) in [6, 6.07) is 8.33. The van der Waals surface area contributed by atoms with Crippen molar-refractivity contribution in [3.8, 4) is 11.5 Å². The van der Waals surface area contributed by atoms with Gasteiger partial charge in [-0.1, -0.05) is 30.3 Å². The van der Waals surface area contributed by atoms with Crippen LogP contribution in [0.15, 0.2) is 39.9 Å². The minimum atomic E-state index is -1.38. The van der Waals surface area contributed by atoms with E-state index in [9.17, 15) is 29.4 Å². The molecule has 5 rings (SSSR count). The lowest BCUT2D eigenvalue weighted by molar-refractivity contribution is 0.0513. The number of benzene rings is 1. The van der Waals surface area contributed by atoms with Gasteiger partial charge in [0.2, 0.25) is 0 Å². The molecule has 228 valence electrons. The van der Waals surface area contributed by atoms with Gasteiger partial charge in [0, 0.05) is 26.2 Å². The highest BCUT2D eigenvalue weighted by atomic mass is 16.5. The Bertz CT molecular complexity index is 1520. The molecular formula is C31H36N4O8. The van der Waals surface area contributed by atoms with Crippen molar-refractivity contribution in [2.24, 2.45) is 0 Å². The summed E-state index contributed by atoms with van der Waals surface area (Å²) in [6.45, 7) is 5.54. The molecule has 0 aliphatic carbocycles. The van der Waals surface area contributed by atoms with Crippen LogP contribution in [-0.4, -0.2) is 71.5 Å². The quantitative estimate of drug-likeness (QED) is 0.271. The maximum absolute atomic E-state index is 13.9. The molecule has 0 amide bonds. The first-order valence-electron chi connectivity index (χ1n) is 14.7. The number of rotatable bonds is 9. The molecule has 0 saturated carbocycles. The molecule has 12 nitrogen and oxygen atoms in total. The molecule has 4 N–H and O–H groups in total. The number of carbonyl (C=O) groups is 2. The summed E-state index contributed by atoms with van der Waals surface area (Å²) in [5.41, 5.74) is -2.34. The molecule has 2 aromatic heterocycles. The van der Waals surface area contributed by atoms with Crippen molar-refractivity contribution in [3.63, 3.8) is 0 Å². The number of aromatic nitrogens is 2. The van der Waals surface area contributed by atoms with E-state index in [2.05, 4.69) is 9.97 Å². The van der Waals surface area contributed by atoms with Gasteiger partial charge in [0.15, 0.2) is 0 Å². The van der Waals surface area contributed by atoms with Crippen LogP contribution in [0.3, 0.4) is 0 Å². The van der Waals surface area contributed by atoms with E-state index in [0.29, 0.717) is 31.7 Å². The standard InChI is InChI=1S/C31H36N4O8/c1-3-42-30(40)22-24(36)20(28(38)32-26(22)34-14-8-9-15-34)19(18-12-6-5-7-13-18)21-25(37)23(31(41)43-4-2)27(33-29(21)39)35-16-10-11-17-35/h5-7,12-13,19H,3-4,8-11,14-17H2,1-2H3,(H2,32,36,38)(H2,33,37,39). The van der Waals surface area contributed by atoms with Crippen molar-refractivity contribution >= 4 is 23.6 Å². The Morgan fingerprint density at radius 2 is 1.14 bits per heavy atom. The van der Waals surface area contributed by atoms with Gasteiger partial charge >= 0.3 is 11.9 Å². The largest absolute Gasteiger partial charge is 0.506 e. The predicted molar refractivity (Wildman–Crippen MR) is 160 cm³/mol. The fourth-order valence-corrected chi connectivity index (χ4v) is 5.99. The SMILES string of the molecule is CCOC(=O)c1c(N2CCCC2)[nH]c(=O)c(C(c2ccccc2)c2c(O)c(C(=O)OCC)c(N3CCCC3)[nH]c2=O)c1O. The minimum Gasteiger partial charge on any atom is -0.506 e. The highest BCUT2D eigenvalue weighted by Crippen LogP contribution is 2.43. The van der Waals surface area contributed by atoms with Crippen molar-refractivity contribution < 1.29 is 29.3 Å². The van der Waals surface area contributed by atoms with Crippen LogP contribution in [0.25, 0.3) is 0 Å². The molecule has 3 aromatic rings. The van der Waals surface area contributed by atoms with Crippen LogP contribution >= 0.6 is 0 Å². The molecule has 43 heavy (non-hydrogen) atoms. The minimum absolute atomic E-state index is 0.0234.